The third-order valence-corrected chi connectivity index (χ3v) is 6.94. The van der Waals surface area contributed by atoms with Gasteiger partial charge in [0.05, 0.1) is 22.2 Å². The molecule has 4 rings (SSSR count). The molecule has 8 heteroatoms. The van der Waals surface area contributed by atoms with Crippen LogP contribution in [-0.2, 0) is 0 Å². The Balaban J connectivity index is 1.48. The maximum atomic E-state index is 9.12. The predicted octanol–water partition coefficient (Wildman–Crippen LogP) is 4.24. The average molecular weight is 453 g/mol. The van der Waals surface area contributed by atoms with Crippen LogP contribution in [0.15, 0.2) is 40.3 Å². The summed E-state index contributed by atoms with van der Waals surface area (Å²) in [6.07, 6.45) is 1.72. The molecule has 1 unspecified atom stereocenters. The van der Waals surface area contributed by atoms with Crippen LogP contribution in [0.5, 0.6) is 0 Å². The summed E-state index contributed by atoms with van der Waals surface area (Å²) in [6, 6.07) is 8.03. The highest BCUT2D eigenvalue weighted by Gasteiger charge is 2.27. The molecule has 1 aromatic carbocycles. The Kier molecular flexibility index (Phi) is 6.89. The van der Waals surface area contributed by atoms with Crippen LogP contribution in [0.4, 0.5) is 11.5 Å². The van der Waals surface area contributed by atoms with Gasteiger partial charge in [-0.1, -0.05) is 41.9 Å². The van der Waals surface area contributed by atoms with Crippen molar-refractivity contribution < 1.29 is 5.11 Å². The quantitative estimate of drug-likeness (QED) is 0.706. The molecular weight excluding hydrogens is 427 g/mol. The Hall–Kier alpha value is -1.02. The zero-order chi connectivity index (χ0) is 20.4. The Bertz CT molecular complexity index is 809. The zero-order valence-electron chi connectivity index (χ0n) is 16.5. The molecule has 1 saturated heterocycles. The fraction of sp³-hybridized carbons (Fsp3) is 0.476. The highest BCUT2D eigenvalue weighted by molar-refractivity contribution is 7.99. The number of aliphatic hydroxyl groups is 1. The highest BCUT2D eigenvalue weighted by Crippen LogP contribution is 2.48. The minimum atomic E-state index is 0.239. The molecule has 2 aliphatic heterocycles. The zero-order valence-corrected chi connectivity index (χ0v) is 18.8. The summed E-state index contributed by atoms with van der Waals surface area (Å²) in [6.45, 7) is 9.40. The van der Waals surface area contributed by atoms with Crippen molar-refractivity contribution in [2.45, 2.75) is 16.7 Å². The minimum absolute atomic E-state index is 0.239. The summed E-state index contributed by atoms with van der Waals surface area (Å²) in [5, 5.41) is 10.5. The largest absolute Gasteiger partial charge is 0.395 e. The van der Waals surface area contributed by atoms with Gasteiger partial charge >= 0.3 is 0 Å². The topological polar surface area (TPSA) is 42.8 Å². The molecule has 1 fully saturated rings. The van der Waals surface area contributed by atoms with Gasteiger partial charge in [0.1, 0.15) is 5.82 Å². The molecule has 0 saturated carbocycles. The summed E-state index contributed by atoms with van der Waals surface area (Å²) >= 11 is 14.1. The van der Waals surface area contributed by atoms with Crippen LogP contribution in [-0.4, -0.2) is 72.3 Å². The lowest BCUT2D eigenvalue weighted by molar-refractivity contribution is 0.104. The van der Waals surface area contributed by atoms with E-state index in [1.54, 1.807) is 18.0 Å². The molecule has 0 bridgehead atoms. The van der Waals surface area contributed by atoms with Crippen molar-refractivity contribution in [3.63, 3.8) is 0 Å². The standard InChI is InChI=1S/C21H26Cl2N4OS/c1-15(13-26-6-4-25(5-7-26)8-9-28)14-27-18-3-2-16(22)10-19(18)29-20-11-17(23)12-24-21(20)27/h2-3,10-12,15,28H,4-9,13-14H2,1H3. The van der Waals surface area contributed by atoms with Crippen LogP contribution < -0.4 is 4.90 Å². The molecule has 0 radical (unpaired) electrons. The highest BCUT2D eigenvalue weighted by atomic mass is 35.5. The molecule has 0 amide bonds. The number of rotatable bonds is 6. The number of aliphatic hydroxyl groups excluding tert-OH is 1. The van der Waals surface area contributed by atoms with Crippen molar-refractivity contribution in [2.75, 3.05) is 57.3 Å². The summed E-state index contributed by atoms with van der Waals surface area (Å²) < 4.78 is 0. The molecule has 2 aromatic rings. The molecule has 0 spiro atoms. The number of fused-ring (bicyclic) bond motifs is 2. The number of halogens is 2. The van der Waals surface area contributed by atoms with Crippen LogP contribution >= 0.6 is 35.0 Å². The molecule has 0 aliphatic carbocycles. The van der Waals surface area contributed by atoms with Gasteiger partial charge in [-0.15, -0.1) is 0 Å². The molecule has 1 atom stereocenters. The summed E-state index contributed by atoms with van der Waals surface area (Å²) in [4.78, 5) is 14.0. The SMILES string of the molecule is CC(CN1CCN(CCO)CC1)CN1c2ccc(Cl)cc2Sc2cc(Cl)cnc21. The minimum Gasteiger partial charge on any atom is -0.395 e. The van der Waals surface area contributed by atoms with Crippen molar-refractivity contribution >= 4 is 46.5 Å². The number of benzene rings is 1. The van der Waals surface area contributed by atoms with E-state index in [1.165, 1.54) is 0 Å². The van der Waals surface area contributed by atoms with E-state index in [2.05, 4.69) is 32.7 Å². The lowest BCUT2D eigenvalue weighted by Gasteiger charge is -2.38. The molecular formula is C21H26Cl2N4OS. The average Bonchev–Trinajstić information content (AvgIpc) is 2.69. The molecule has 3 heterocycles. The van der Waals surface area contributed by atoms with Gasteiger partial charge in [-0.2, -0.15) is 0 Å². The van der Waals surface area contributed by atoms with Crippen molar-refractivity contribution in [3.8, 4) is 0 Å². The van der Waals surface area contributed by atoms with Crippen LogP contribution in [0.2, 0.25) is 10.0 Å². The van der Waals surface area contributed by atoms with Gasteiger partial charge in [0.15, 0.2) is 0 Å². The first kappa shape index (κ1) is 21.2. The Morgan fingerprint density at radius 2 is 1.76 bits per heavy atom. The summed E-state index contributed by atoms with van der Waals surface area (Å²) in [5.74, 6) is 1.44. The van der Waals surface area contributed by atoms with E-state index < -0.39 is 0 Å². The number of anilines is 2. The fourth-order valence-corrected chi connectivity index (χ4v) is 5.65. The van der Waals surface area contributed by atoms with Gasteiger partial charge in [-0.05, 0) is 30.2 Å². The molecule has 2 aliphatic rings. The van der Waals surface area contributed by atoms with Gasteiger partial charge in [-0.3, -0.25) is 4.90 Å². The van der Waals surface area contributed by atoms with Crippen molar-refractivity contribution in [3.05, 3.63) is 40.5 Å². The van der Waals surface area contributed by atoms with Crippen LogP contribution in [0.3, 0.4) is 0 Å². The van der Waals surface area contributed by atoms with E-state index in [4.69, 9.17) is 28.3 Å². The van der Waals surface area contributed by atoms with Gasteiger partial charge in [-0.25, -0.2) is 4.98 Å². The molecule has 1 N–H and O–H groups in total. The second-order valence-electron chi connectivity index (χ2n) is 7.77. The normalized spacial score (nSPS) is 18.4. The van der Waals surface area contributed by atoms with E-state index in [-0.39, 0.29) is 6.61 Å². The first-order valence-electron chi connectivity index (χ1n) is 9.99. The van der Waals surface area contributed by atoms with Crippen molar-refractivity contribution in [1.29, 1.82) is 0 Å². The number of hydrogen-bond acceptors (Lipinski definition) is 6. The smallest absolute Gasteiger partial charge is 0.147 e. The van der Waals surface area contributed by atoms with Crippen LogP contribution in [0, 0.1) is 5.92 Å². The maximum Gasteiger partial charge on any atom is 0.147 e. The Labute approximate surface area is 186 Å². The second-order valence-corrected chi connectivity index (χ2v) is 9.73. The maximum absolute atomic E-state index is 9.12. The lowest BCUT2D eigenvalue weighted by atomic mass is 10.1. The van der Waals surface area contributed by atoms with Gasteiger partial charge in [0.25, 0.3) is 0 Å². The van der Waals surface area contributed by atoms with E-state index in [9.17, 15) is 0 Å². The molecule has 156 valence electrons. The third kappa shape index (κ3) is 5.01. The first-order valence-corrected chi connectivity index (χ1v) is 11.6. The van der Waals surface area contributed by atoms with E-state index in [1.807, 2.05) is 18.2 Å². The van der Waals surface area contributed by atoms with Gasteiger partial charge in [0, 0.05) is 61.9 Å². The predicted molar refractivity (Wildman–Crippen MR) is 121 cm³/mol. The number of piperazine rings is 1. The van der Waals surface area contributed by atoms with Crippen LogP contribution in [0.25, 0.3) is 0 Å². The number of aromatic nitrogens is 1. The third-order valence-electron chi connectivity index (χ3n) is 5.43. The summed E-state index contributed by atoms with van der Waals surface area (Å²) in [5.41, 5.74) is 1.15. The second kappa shape index (κ2) is 9.41. The monoisotopic (exact) mass is 452 g/mol. The van der Waals surface area contributed by atoms with Crippen molar-refractivity contribution in [1.82, 2.24) is 14.8 Å². The fourth-order valence-electron chi connectivity index (χ4n) is 4.05. The molecule has 29 heavy (non-hydrogen) atoms. The van der Waals surface area contributed by atoms with Gasteiger partial charge in [0.2, 0.25) is 0 Å². The molecule has 5 nitrogen and oxygen atoms in total. The Morgan fingerprint density at radius 1 is 1.03 bits per heavy atom. The van der Waals surface area contributed by atoms with Gasteiger partial charge < -0.3 is 14.9 Å². The molecule has 1 aromatic heterocycles. The van der Waals surface area contributed by atoms with E-state index in [0.717, 1.165) is 72.1 Å². The Morgan fingerprint density at radius 3 is 2.52 bits per heavy atom. The number of nitrogens with zero attached hydrogens (tertiary/aromatic N) is 4. The van der Waals surface area contributed by atoms with E-state index >= 15 is 0 Å². The lowest BCUT2D eigenvalue weighted by Crippen LogP contribution is -2.48. The van der Waals surface area contributed by atoms with Crippen molar-refractivity contribution in [2.24, 2.45) is 5.92 Å². The summed E-state index contributed by atoms with van der Waals surface area (Å²) in [7, 11) is 0. The number of pyridine rings is 1. The number of hydrogen-bond donors (Lipinski definition) is 1. The van der Waals surface area contributed by atoms with Crippen LogP contribution in [0.1, 0.15) is 6.92 Å². The van der Waals surface area contributed by atoms with E-state index in [0.29, 0.717) is 10.9 Å². The first-order chi connectivity index (χ1) is 14.0. The number of β-amino-alcohol motifs (C(OH)–C–C–N with tert-alkyl or cyclic N) is 1.